The first-order valence-electron chi connectivity index (χ1n) is 5.77. The molecule has 17 heavy (non-hydrogen) atoms. The summed E-state index contributed by atoms with van der Waals surface area (Å²) in [6.07, 6.45) is 5.24. The van der Waals surface area contributed by atoms with Gasteiger partial charge in [0.15, 0.2) is 5.16 Å². The van der Waals surface area contributed by atoms with Gasteiger partial charge in [0, 0.05) is 4.88 Å². The summed E-state index contributed by atoms with van der Waals surface area (Å²) in [5.74, 6) is 0.731. The molecule has 0 saturated carbocycles. The Morgan fingerprint density at radius 3 is 3.12 bits per heavy atom. The lowest BCUT2D eigenvalue weighted by Crippen LogP contribution is -2.13. The predicted molar refractivity (Wildman–Crippen MR) is 73.2 cm³/mol. The van der Waals surface area contributed by atoms with Crippen molar-refractivity contribution in [1.82, 2.24) is 9.97 Å². The molecule has 0 fully saturated rings. The van der Waals surface area contributed by atoms with Crippen molar-refractivity contribution >= 4 is 33.3 Å². The minimum absolute atomic E-state index is 0.0337. The molecule has 2 heterocycles. The molecule has 1 aliphatic rings. The molecular formula is C12H14N2OS2. The first-order valence-corrected chi connectivity index (χ1v) is 7.81. The number of thioether (sulfide) groups is 1. The van der Waals surface area contributed by atoms with Gasteiger partial charge >= 0.3 is 0 Å². The summed E-state index contributed by atoms with van der Waals surface area (Å²) in [7, 11) is 0. The minimum Gasteiger partial charge on any atom is -0.301 e. The highest BCUT2D eigenvalue weighted by Gasteiger charge is 2.22. The lowest BCUT2D eigenvalue weighted by Gasteiger charge is -2.17. The van der Waals surface area contributed by atoms with Gasteiger partial charge in [0.1, 0.15) is 4.83 Å². The van der Waals surface area contributed by atoms with Gasteiger partial charge in [0.2, 0.25) is 0 Å². The van der Waals surface area contributed by atoms with Crippen LogP contribution in [0.4, 0.5) is 0 Å². The zero-order valence-electron chi connectivity index (χ0n) is 9.87. The molecule has 0 saturated heterocycles. The van der Waals surface area contributed by atoms with E-state index in [2.05, 4.69) is 16.9 Å². The predicted octanol–water partition coefficient (Wildman–Crippen LogP) is 2.83. The van der Waals surface area contributed by atoms with Crippen LogP contribution in [0.25, 0.3) is 10.2 Å². The fraction of sp³-hybridized carbons (Fsp3) is 0.500. The third-order valence-electron chi connectivity index (χ3n) is 3.34. The van der Waals surface area contributed by atoms with Crippen molar-refractivity contribution in [1.29, 1.82) is 0 Å². The maximum Gasteiger partial charge on any atom is 0.260 e. The number of hydrogen-bond acceptors (Lipinski definition) is 4. The molecule has 0 aromatic carbocycles. The summed E-state index contributed by atoms with van der Waals surface area (Å²) in [6.45, 7) is 2.28. The van der Waals surface area contributed by atoms with Crippen molar-refractivity contribution in [2.75, 3.05) is 6.26 Å². The van der Waals surface area contributed by atoms with Gasteiger partial charge in [-0.25, -0.2) is 4.98 Å². The van der Waals surface area contributed by atoms with E-state index in [4.69, 9.17) is 0 Å². The molecule has 2 aromatic heterocycles. The quantitative estimate of drug-likeness (QED) is 0.637. The van der Waals surface area contributed by atoms with Crippen molar-refractivity contribution < 1.29 is 0 Å². The molecule has 0 spiro atoms. The van der Waals surface area contributed by atoms with Gasteiger partial charge in [-0.05, 0) is 37.0 Å². The monoisotopic (exact) mass is 266 g/mol. The number of hydrogen-bond donors (Lipinski definition) is 1. The Morgan fingerprint density at radius 2 is 2.35 bits per heavy atom. The highest BCUT2D eigenvalue weighted by molar-refractivity contribution is 7.98. The smallest absolute Gasteiger partial charge is 0.260 e. The van der Waals surface area contributed by atoms with E-state index < -0.39 is 0 Å². The molecule has 0 radical (unpaired) electrons. The van der Waals surface area contributed by atoms with Crippen LogP contribution in [0.2, 0.25) is 0 Å². The van der Waals surface area contributed by atoms with Crippen molar-refractivity contribution in [2.45, 2.75) is 31.3 Å². The molecule has 0 bridgehead atoms. The molecule has 0 unspecified atom stereocenters. The fourth-order valence-electron chi connectivity index (χ4n) is 2.43. The Kier molecular flexibility index (Phi) is 2.75. The number of fused-ring (bicyclic) bond motifs is 3. The Morgan fingerprint density at radius 1 is 1.53 bits per heavy atom. The molecule has 3 nitrogen and oxygen atoms in total. The van der Waals surface area contributed by atoms with Gasteiger partial charge in [0.25, 0.3) is 5.56 Å². The molecule has 3 rings (SSSR count). The second-order valence-electron chi connectivity index (χ2n) is 4.61. The number of nitrogens with zero attached hydrogens (tertiary/aromatic N) is 1. The van der Waals surface area contributed by atoms with Gasteiger partial charge in [-0.15, -0.1) is 11.3 Å². The van der Waals surface area contributed by atoms with Gasteiger partial charge < -0.3 is 4.98 Å². The molecule has 1 aliphatic carbocycles. The van der Waals surface area contributed by atoms with E-state index in [1.807, 2.05) is 6.26 Å². The van der Waals surface area contributed by atoms with E-state index in [9.17, 15) is 4.79 Å². The van der Waals surface area contributed by atoms with E-state index in [-0.39, 0.29) is 5.56 Å². The topological polar surface area (TPSA) is 45.8 Å². The van der Waals surface area contributed by atoms with E-state index in [1.165, 1.54) is 28.6 Å². The average molecular weight is 266 g/mol. The fourth-order valence-corrected chi connectivity index (χ4v) is 4.24. The van der Waals surface area contributed by atoms with E-state index >= 15 is 0 Å². The number of thiophene rings is 1. The van der Waals surface area contributed by atoms with Gasteiger partial charge in [0.05, 0.1) is 5.39 Å². The van der Waals surface area contributed by atoms with Gasteiger partial charge in [-0.1, -0.05) is 18.7 Å². The summed E-state index contributed by atoms with van der Waals surface area (Å²) in [6, 6.07) is 0. The summed E-state index contributed by atoms with van der Waals surface area (Å²) in [5.41, 5.74) is 1.29. The van der Waals surface area contributed by atoms with E-state index in [0.717, 1.165) is 29.0 Å². The minimum atomic E-state index is 0.0337. The van der Waals surface area contributed by atoms with Crippen LogP contribution in [-0.2, 0) is 12.8 Å². The number of aryl methyl sites for hydroxylation is 1. The second-order valence-corrected chi connectivity index (χ2v) is 6.49. The van der Waals surface area contributed by atoms with Crippen molar-refractivity contribution in [3.8, 4) is 0 Å². The number of rotatable bonds is 1. The van der Waals surface area contributed by atoms with Crippen molar-refractivity contribution in [2.24, 2.45) is 5.92 Å². The van der Waals surface area contributed by atoms with Crippen LogP contribution < -0.4 is 5.56 Å². The van der Waals surface area contributed by atoms with Crippen LogP contribution in [0.5, 0.6) is 0 Å². The van der Waals surface area contributed by atoms with Crippen LogP contribution in [0.15, 0.2) is 9.95 Å². The Balaban J connectivity index is 2.28. The van der Waals surface area contributed by atoms with E-state index in [0.29, 0.717) is 5.16 Å². The third-order valence-corrected chi connectivity index (χ3v) is 5.07. The Bertz CT molecular complexity index is 629. The van der Waals surface area contributed by atoms with Crippen LogP contribution in [0.1, 0.15) is 23.8 Å². The maximum absolute atomic E-state index is 12.1. The van der Waals surface area contributed by atoms with Gasteiger partial charge in [-0.2, -0.15) is 0 Å². The number of aromatic nitrogens is 2. The highest BCUT2D eigenvalue weighted by Crippen LogP contribution is 2.35. The molecular weight excluding hydrogens is 252 g/mol. The second kappa shape index (κ2) is 4.14. The summed E-state index contributed by atoms with van der Waals surface area (Å²) >= 11 is 3.19. The molecule has 2 aromatic rings. The van der Waals surface area contributed by atoms with Crippen LogP contribution in [-0.4, -0.2) is 16.2 Å². The first kappa shape index (κ1) is 11.3. The lowest BCUT2D eigenvalue weighted by molar-refractivity contribution is 0.509. The van der Waals surface area contributed by atoms with E-state index in [1.54, 1.807) is 11.3 Å². The molecule has 90 valence electrons. The molecule has 0 aliphatic heterocycles. The standard InChI is InChI=1S/C12H14N2OS2/c1-6-3-4-7-8(5-6)17-11-9(7)10(15)13-12(14-11)16-2/h6H,3-5H2,1-2H3,(H,13,14,15)/t6-/m1/s1. The SMILES string of the molecule is CSc1nc2sc3c(c2c(=O)[nH]1)CC[C@@H](C)C3. The molecule has 1 N–H and O–H groups in total. The number of H-pyrrole nitrogens is 1. The zero-order chi connectivity index (χ0) is 12.0. The largest absolute Gasteiger partial charge is 0.301 e. The molecule has 1 atom stereocenters. The zero-order valence-corrected chi connectivity index (χ0v) is 11.5. The molecule has 5 heteroatoms. The van der Waals surface area contributed by atoms with Crippen molar-refractivity contribution in [3.05, 3.63) is 20.8 Å². The highest BCUT2D eigenvalue weighted by atomic mass is 32.2. The summed E-state index contributed by atoms with van der Waals surface area (Å²) in [4.78, 5) is 21.7. The maximum atomic E-state index is 12.1. The number of nitrogens with one attached hydrogen (secondary N) is 1. The lowest BCUT2D eigenvalue weighted by atomic mass is 9.89. The summed E-state index contributed by atoms with van der Waals surface area (Å²) < 4.78 is 0. The van der Waals surface area contributed by atoms with Gasteiger partial charge in [-0.3, -0.25) is 4.79 Å². The number of aromatic amines is 1. The molecule has 0 amide bonds. The third kappa shape index (κ3) is 1.81. The normalized spacial score (nSPS) is 19.5. The van der Waals surface area contributed by atoms with Crippen LogP contribution in [0, 0.1) is 5.92 Å². The average Bonchev–Trinajstić information content (AvgIpc) is 2.66. The Hall–Kier alpha value is -0.810. The van der Waals surface area contributed by atoms with Crippen molar-refractivity contribution in [3.63, 3.8) is 0 Å². The summed E-state index contributed by atoms with van der Waals surface area (Å²) in [5, 5.41) is 1.56. The van der Waals surface area contributed by atoms with Crippen LogP contribution in [0.3, 0.4) is 0 Å². The Labute approximate surface area is 108 Å². The van der Waals surface area contributed by atoms with Crippen LogP contribution >= 0.6 is 23.1 Å². The first-order chi connectivity index (χ1) is 8.19.